The van der Waals surface area contributed by atoms with E-state index in [1.807, 2.05) is 30.3 Å². The molecule has 0 unspecified atom stereocenters. The van der Waals surface area contributed by atoms with Gasteiger partial charge in [-0.1, -0.05) is 18.2 Å². The summed E-state index contributed by atoms with van der Waals surface area (Å²) < 4.78 is 0. The molecule has 4 N–H and O–H groups in total. The summed E-state index contributed by atoms with van der Waals surface area (Å²) >= 11 is 0. The Bertz CT molecular complexity index is 885. The molecule has 4 aliphatic carbocycles. The lowest BCUT2D eigenvalue weighted by atomic mass is 9.52. The highest BCUT2D eigenvalue weighted by Gasteiger charge is 2.54. The third-order valence-electron chi connectivity index (χ3n) is 6.74. The first-order chi connectivity index (χ1) is 13.5. The molecule has 0 saturated heterocycles. The molecule has 5 atom stereocenters. The van der Waals surface area contributed by atoms with Crippen LogP contribution in [-0.4, -0.2) is 32.8 Å². The number of anilines is 3. The van der Waals surface area contributed by atoms with Gasteiger partial charge < -0.3 is 20.8 Å². The summed E-state index contributed by atoms with van der Waals surface area (Å²) in [7, 11) is 0. The Morgan fingerprint density at radius 2 is 1.82 bits per heavy atom. The standard InChI is InChI=1S/C22H25N3O3/c26-21(27)17-12-23-19(24-16-4-2-1-3-5-16)8-18(17)25-20-14-6-13-7-15(20)11-22(28,9-13)10-14/h1-5,8,12-15,20,28H,6-7,9-11H2,(H,26,27)(H2,23,24,25)/t13-,14-,15+,20-,22-. The molecule has 0 aliphatic heterocycles. The smallest absolute Gasteiger partial charge is 0.339 e. The molecule has 4 fully saturated rings. The van der Waals surface area contributed by atoms with Crippen LogP contribution in [0.15, 0.2) is 42.6 Å². The monoisotopic (exact) mass is 379 g/mol. The number of hydrogen-bond donors (Lipinski definition) is 4. The van der Waals surface area contributed by atoms with E-state index in [1.54, 1.807) is 6.07 Å². The molecule has 4 bridgehead atoms. The van der Waals surface area contributed by atoms with E-state index >= 15 is 0 Å². The van der Waals surface area contributed by atoms with Gasteiger partial charge >= 0.3 is 5.97 Å². The Labute approximate surface area is 164 Å². The summed E-state index contributed by atoms with van der Waals surface area (Å²) in [4.78, 5) is 16.0. The Morgan fingerprint density at radius 1 is 1.11 bits per heavy atom. The second-order valence-electron chi connectivity index (χ2n) is 8.78. The van der Waals surface area contributed by atoms with Crippen LogP contribution in [0.25, 0.3) is 0 Å². The predicted molar refractivity (Wildman–Crippen MR) is 107 cm³/mol. The highest BCUT2D eigenvalue weighted by Crippen LogP contribution is 2.56. The SMILES string of the molecule is O=C(O)c1cnc(Nc2ccccc2)cc1N[C@@H]1[C@@H]2C[C@@H]3C[C@H]1C[C@@](O)(C3)C2. The van der Waals surface area contributed by atoms with Crippen LogP contribution in [0.1, 0.15) is 42.5 Å². The van der Waals surface area contributed by atoms with E-state index in [0.29, 0.717) is 29.3 Å². The van der Waals surface area contributed by atoms with Crippen molar-refractivity contribution in [2.75, 3.05) is 10.6 Å². The molecule has 28 heavy (non-hydrogen) atoms. The van der Waals surface area contributed by atoms with Crippen LogP contribution in [0.3, 0.4) is 0 Å². The van der Waals surface area contributed by atoms with E-state index in [0.717, 1.165) is 37.8 Å². The average molecular weight is 379 g/mol. The molecule has 0 amide bonds. The number of aromatic nitrogens is 1. The van der Waals surface area contributed by atoms with E-state index in [2.05, 4.69) is 15.6 Å². The zero-order valence-electron chi connectivity index (χ0n) is 15.6. The maximum absolute atomic E-state index is 11.7. The average Bonchev–Trinajstić information content (AvgIpc) is 2.64. The number of carboxylic acid groups (broad SMARTS) is 1. The van der Waals surface area contributed by atoms with Crippen molar-refractivity contribution in [3.05, 3.63) is 48.2 Å². The quantitative estimate of drug-likeness (QED) is 0.630. The van der Waals surface area contributed by atoms with Gasteiger partial charge in [0.05, 0.1) is 11.3 Å². The second-order valence-corrected chi connectivity index (χ2v) is 8.78. The van der Waals surface area contributed by atoms with Crippen LogP contribution in [-0.2, 0) is 0 Å². The van der Waals surface area contributed by atoms with Crippen molar-refractivity contribution in [2.45, 2.75) is 43.7 Å². The maximum Gasteiger partial charge on any atom is 0.339 e. The molecule has 4 saturated carbocycles. The topological polar surface area (TPSA) is 94.5 Å². The minimum Gasteiger partial charge on any atom is -0.478 e. The number of aliphatic hydroxyl groups is 1. The second kappa shape index (κ2) is 6.48. The van der Waals surface area contributed by atoms with Crippen LogP contribution < -0.4 is 10.6 Å². The highest BCUT2D eigenvalue weighted by atomic mass is 16.4. The van der Waals surface area contributed by atoms with Crippen molar-refractivity contribution in [3.8, 4) is 0 Å². The summed E-state index contributed by atoms with van der Waals surface area (Å²) in [6.07, 6.45) is 6.24. The van der Waals surface area contributed by atoms with Crippen molar-refractivity contribution >= 4 is 23.2 Å². The molecule has 4 aliphatic rings. The number of pyridine rings is 1. The number of para-hydroxylation sites is 1. The van der Waals surface area contributed by atoms with E-state index in [-0.39, 0.29) is 11.6 Å². The van der Waals surface area contributed by atoms with Gasteiger partial charge in [0.1, 0.15) is 11.4 Å². The highest BCUT2D eigenvalue weighted by molar-refractivity contribution is 5.94. The van der Waals surface area contributed by atoms with Gasteiger partial charge in [-0.25, -0.2) is 9.78 Å². The summed E-state index contributed by atoms with van der Waals surface area (Å²) in [5.74, 6) is 1.05. The van der Waals surface area contributed by atoms with Crippen LogP contribution >= 0.6 is 0 Å². The number of benzene rings is 1. The van der Waals surface area contributed by atoms with Crippen molar-refractivity contribution < 1.29 is 15.0 Å². The molecule has 6 rings (SSSR count). The summed E-state index contributed by atoms with van der Waals surface area (Å²) in [5, 5.41) is 27.2. The largest absolute Gasteiger partial charge is 0.478 e. The minimum absolute atomic E-state index is 0.186. The first kappa shape index (κ1) is 17.5. The van der Waals surface area contributed by atoms with E-state index in [1.165, 1.54) is 6.20 Å². The van der Waals surface area contributed by atoms with Gasteiger partial charge in [0.15, 0.2) is 0 Å². The zero-order chi connectivity index (χ0) is 19.3. The van der Waals surface area contributed by atoms with Crippen molar-refractivity contribution in [1.82, 2.24) is 4.98 Å². The van der Waals surface area contributed by atoms with Crippen LogP contribution in [0.2, 0.25) is 0 Å². The fourth-order valence-electron chi connectivity index (χ4n) is 5.88. The molecule has 1 aromatic heterocycles. The molecule has 1 heterocycles. The Hall–Kier alpha value is -2.60. The molecule has 6 heteroatoms. The first-order valence-corrected chi connectivity index (χ1v) is 10.0. The van der Waals surface area contributed by atoms with Crippen LogP contribution in [0.5, 0.6) is 0 Å². The lowest BCUT2D eigenvalue weighted by molar-refractivity contribution is -0.129. The summed E-state index contributed by atoms with van der Waals surface area (Å²) in [6, 6.07) is 11.7. The van der Waals surface area contributed by atoms with Gasteiger partial charge in [0, 0.05) is 24.0 Å². The third kappa shape index (κ3) is 3.11. The van der Waals surface area contributed by atoms with Gasteiger partial charge in [-0.3, -0.25) is 0 Å². The number of aromatic carboxylic acids is 1. The predicted octanol–water partition coefficient (Wildman–Crippen LogP) is 3.87. The summed E-state index contributed by atoms with van der Waals surface area (Å²) in [6.45, 7) is 0. The number of hydrogen-bond acceptors (Lipinski definition) is 5. The van der Waals surface area contributed by atoms with Crippen LogP contribution in [0.4, 0.5) is 17.2 Å². The Morgan fingerprint density at radius 3 is 2.46 bits per heavy atom. The third-order valence-corrected chi connectivity index (χ3v) is 6.74. The summed E-state index contributed by atoms with van der Waals surface area (Å²) in [5.41, 5.74) is 1.19. The van der Waals surface area contributed by atoms with E-state index in [4.69, 9.17) is 0 Å². The molecule has 146 valence electrons. The Kier molecular flexibility index (Phi) is 4.05. The molecule has 0 radical (unpaired) electrons. The Balaban J connectivity index is 1.42. The number of carbonyl (C=O) groups is 1. The zero-order valence-corrected chi connectivity index (χ0v) is 15.6. The molecule has 1 aromatic carbocycles. The molecule has 0 spiro atoms. The normalized spacial score (nSPS) is 32.9. The van der Waals surface area contributed by atoms with Gasteiger partial charge in [0.2, 0.25) is 0 Å². The van der Waals surface area contributed by atoms with E-state index in [9.17, 15) is 15.0 Å². The van der Waals surface area contributed by atoms with Gasteiger partial charge in [-0.15, -0.1) is 0 Å². The number of nitrogens with one attached hydrogen (secondary N) is 2. The fraction of sp³-hybridized carbons (Fsp3) is 0.455. The number of carboxylic acids is 1. The lowest BCUT2D eigenvalue weighted by Gasteiger charge is -2.58. The lowest BCUT2D eigenvalue weighted by Crippen LogP contribution is -2.59. The molecular weight excluding hydrogens is 354 g/mol. The molecule has 2 aromatic rings. The van der Waals surface area contributed by atoms with Crippen molar-refractivity contribution in [2.24, 2.45) is 17.8 Å². The van der Waals surface area contributed by atoms with E-state index < -0.39 is 11.6 Å². The maximum atomic E-state index is 11.7. The van der Waals surface area contributed by atoms with Crippen molar-refractivity contribution in [1.29, 1.82) is 0 Å². The minimum atomic E-state index is -0.983. The van der Waals surface area contributed by atoms with Crippen molar-refractivity contribution in [3.63, 3.8) is 0 Å². The van der Waals surface area contributed by atoms with Crippen LogP contribution in [0, 0.1) is 17.8 Å². The van der Waals surface area contributed by atoms with Gasteiger partial charge in [-0.2, -0.15) is 0 Å². The molecular formula is C22H25N3O3. The van der Waals surface area contributed by atoms with Gasteiger partial charge in [-0.05, 0) is 62.0 Å². The molecule has 6 nitrogen and oxygen atoms in total. The number of nitrogens with zero attached hydrogens (tertiary/aromatic N) is 1. The van der Waals surface area contributed by atoms with Gasteiger partial charge in [0.25, 0.3) is 0 Å². The fourth-order valence-corrected chi connectivity index (χ4v) is 5.88. The first-order valence-electron chi connectivity index (χ1n) is 10.0. The number of rotatable bonds is 5.